The Morgan fingerprint density at radius 3 is 2.46 bits per heavy atom. The van der Waals surface area contributed by atoms with Crippen LogP contribution in [0.25, 0.3) is 11.0 Å². The van der Waals surface area contributed by atoms with Crippen LogP contribution in [0.15, 0.2) is 69.9 Å². The van der Waals surface area contributed by atoms with Crippen molar-refractivity contribution in [3.05, 3.63) is 87.8 Å². The van der Waals surface area contributed by atoms with Gasteiger partial charge in [0.2, 0.25) is 5.91 Å². The number of amides is 1. The molecule has 1 aliphatic heterocycles. The number of hydrogen-bond donors (Lipinski definition) is 3. The molecule has 4 aromatic rings. The van der Waals surface area contributed by atoms with E-state index in [1.54, 1.807) is 49.4 Å². The Bertz CT molecular complexity index is 1570. The molecule has 1 atom stereocenters. The van der Waals surface area contributed by atoms with Gasteiger partial charge in [-0.05, 0) is 62.1 Å². The average molecular weight is 532 g/mol. The largest absolute Gasteiger partial charge is 0.507 e. The van der Waals surface area contributed by atoms with E-state index in [1.807, 2.05) is 0 Å². The topological polar surface area (TPSA) is 135 Å². The summed E-state index contributed by atoms with van der Waals surface area (Å²) in [6, 6.07) is 15.6. The number of aromatic hydroxyl groups is 2. The lowest BCUT2D eigenvalue weighted by molar-refractivity contribution is -0.114. The van der Waals surface area contributed by atoms with Crippen molar-refractivity contribution in [1.82, 2.24) is 0 Å². The van der Waals surface area contributed by atoms with Crippen LogP contribution >= 0.6 is 0 Å². The molecule has 0 aliphatic carbocycles. The standard InChI is InChI=1S/C15H13NO4.C15H16O4/c1-10(17)16-11-6-8-12(9-7-11)20-15(19)13-4-2-3-5-14(13)18;1-8-3-4-10-12(18-7-8)6-13-14(15(10)17)11(16)5-9(2)19-13/h2-9,18H,1H3,(H,16,17);5-6,8,17H,3-4,7H2,1-2H3. The van der Waals surface area contributed by atoms with Crippen molar-refractivity contribution >= 4 is 28.5 Å². The van der Waals surface area contributed by atoms with Gasteiger partial charge in [-0.2, -0.15) is 0 Å². The number of phenolic OH excluding ortho intramolecular Hbond substituents is 2. The van der Waals surface area contributed by atoms with Crippen molar-refractivity contribution in [2.24, 2.45) is 5.92 Å². The predicted octanol–water partition coefficient (Wildman–Crippen LogP) is 5.34. The van der Waals surface area contributed by atoms with Gasteiger partial charge in [-0.15, -0.1) is 0 Å². The Kier molecular flexibility index (Phi) is 8.19. The van der Waals surface area contributed by atoms with Crippen LogP contribution < -0.4 is 20.2 Å². The molecular formula is C30H29NO8. The van der Waals surface area contributed by atoms with E-state index in [0.717, 1.165) is 6.42 Å². The van der Waals surface area contributed by atoms with Gasteiger partial charge in [0.05, 0.1) is 6.61 Å². The van der Waals surface area contributed by atoms with E-state index >= 15 is 0 Å². The van der Waals surface area contributed by atoms with Crippen LogP contribution in [0.5, 0.6) is 23.0 Å². The SMILES string of the molecule is CC(=O)Nc1ccc(OC(=O)c2ccccc2O)cc1.Cc1cc(=O)c2c(O)c3c(cc2o1)OCC(C)CC3. The number of nitrogens with one attached hydrogen (secondary N) is 1. The third-order valence-electron chi connectivity index (χ3n) is 6.10. The number of phenols is 2. The maximum atomic E-state index is 12.0. The van der Waals surface area contributed by atoms with E-state index in [1.165, 1.54) is 25.1 Å². The first kappa shape index (κ1) is 27.3. The normalized spacial score (nSPS) is 14.2. The summed E-state index contributed by atoms with van der Waals surface area (Å²) in [5.41, 5.74) is 1.60. The number of para-hydroxylation sites is 1. The summed E-state index contributed by atoms with van der Waals surface area (Å²) in [7, 11) is 0. The van der Waals surface area contributed by atoms with Gasteiger partial charge in [-0.25, -0.2) is 4.79 Å². The highest BCUT2D eigenvalue weighted by Crippen LogP contribution is 2.38. The number of rotatable bonds is 3. The minimum atomic E-state index is -0.643. The summed E-state index contributed by atoms with van der Waals surface area (Å²) in [5.74, 6) is 0.969. The van der Waals surface area contributed by atoms with Gasteiger partial charge in [0.25, 0.3) is 0 Å². The third kappa shape index (κ3) is 6.56. The summed E-state index contributed by atoms with van der Waals surface area (Å²) in [5, 5.41) is 22.8. The highest BCUT2D eigenvalue weighted by Gasteiger charge is 2.21. The molecular weight excluding hydrogens is 502 g/mol. The van der Waals surface area contributed by atoms with Gasteiger partial charge in [-0.1, -0.05) is 19.1 Å². The zero-order valence-corrected chi connectivity index (χ0v) is 21.8. The lowest BCUT2D eigenvalue weighted by Gasteiger charge is -2.11. The van der Waals surface area contributed by atoms with E-state index in [2.05, 4.69) is 12.2 Å². The zero-order chi connectivity index (χ0) is 28.1. The fraction of sp³-hybridized carbons (Fsp3) is 0.233. The first-order chi connectivity index (χ1) is 18.6. The van der Waals surface area contributed by atoms with Gasteiger partial charge >= 0.3 is 5.97 Å². The minimum Gasteiger partial charge on any atom is -0.507 e. The maximum absolute atomic E-state index is 12.0. The Morgan fingerprint density at radius 1 is 1.05 bits per heavy atom. The van der Waals surface area contributed by atoms with Crippen LogP contribution in [0.4, 0.5) is 5.69 Å². The van der Waals surface area contributed by atoms with E-state index < -0.39 is 5.97 Å². The molecule has 9 heteroatoms. The molecule has 0 radical (unpaired) electrons. The van der Waals surface area contributed by atoms with Gasteiger partial charge in [0, 0.05) is 30.3 Å². The lowest BCUT2D eigenvalue weighted by atomic mass is 10.00. The number of aryl methyl sites for hydroxylation is 1. The number of hydrogen-bond acceptors (Lipinski definition) is 8. The molecule has 0 fully saturated rings. The smallest absolute Gasteiger partial charge is 0.347 e. The van der Waals surface area contributed by atoms with Crippen LogP contribution in [-0.2, 0) is 11.2 Å². The molecule has 1 aliphatic rings. The number of fused-ring (bicyclic) bond motifs is 2. The first-order valence-corrected chi connectivity index (χ1v) is 12.4. The molecule has 1 amide bonds. The molecule has 3 N–H and O–H groups in total. The molecule has 0 saturated carbocycles. The van der Waals surface area contributed by atoms with Crippen molar-refractivity contribution in [2.75, 3.05) is 11.9 Å². The van der Waals surface area contributed by atoms with E-state index in [9.17, 15) is 24.6 Å². The van der Waals surface area contributed by atoms with Crippen LogP contribution in [0, 0.1) is 12.8 Å². The van der Waals surface area contributed by atoms with Crippen molar-refractivity contribution in [1.29, 1.82) is 0 Å². The highest BCUT2D eigenvalue weighted by atomic mass is 16.5. The van der Waals surface area contributed by atoms with Crippen molar-refractivity contribution in [3.63, 3.8) is 0 Å². The molecule has 3 aromatic carbocycles. The minimum absolute atomic E-state index is 0.00958. The van der Waals surface area contributed by atoms with Crippen LogP contribution in [-0.4, -0.2) is 28.7 Å². The molecule has 1 unspecified atom stereocenters. The van der Waals surface area contributed by atoms with Crippen molar-refractivity contribution in [3.8, 4) is 23.0 Å². The third-order valence-corrected chi connectivity index (χ3v) is 6.10. The summed E-state index contributed by atoms with van der Waals surface area (Å²) >= 11 is 0. The van der Waals surface area contributed by atoms with Gasteiger partial charge in [0.15, 0.2) is 5.43 Å². The molecule has 39 heavy (non-hydrogen) atoms. The van der Waals surface area contributed by atoms with Gasteiger partial charge < -0.3 is 29.4 Å². The van der Waals surface area contributed by atoms with E-state index in [4.69, 9.17) is 13.9 Å². The second kappa shape index (κ2) is 11.7. The Labute approximate surface area is 224 Å². The molecule has 0 saturated heterocycles. The lowest BCUT2D eigenvalue weighted by Crippen LogP contribution is -2.09. The van der Waals surface area contributed by atoms with Gasteiger partial charge in [-0.3, -0.25) is 9.59 Å². The summed E-state index contributed by atoms with van der Waals surface area (Å²) in [6.45, 7) is 5.85. The predicted molar refractivity (Wildman–Crippen MR) is 146 cm³/mol. The fourth-order valence-electron chi connectivity index (χ4n) is 4.14. The van der Waals surface area contributed by atoms with E-state index in [-0.39, 0.29) is 33.8 Å². The Balaban J connectivity index is 0.000000181. The molecule has 9 nitrogen and oxygen atoms in total. The number of benzene rings is 3. The number of carbonyl (C=O) groups is 2. The van der Waals surface area contributed by atoms with Crippen molar-refractivity contribution in [2.45, 2.75) is 33.6 Å². The second-order valence-electron chi connectivity index (χ2n) is 9.36. The average Bonchev–Trinajstić information content (AvgIpc) is 3.06. The second-order valence-corrected chi connectivity index (χ2v) is 9.36. The van der Waals surface area contributed by atoms with Crippen LogP contribution in [0.3, 0.4) is 0 Å². The molecule has 202 valence electrons. The number of ether oxygens (including phenoxy) is 2. The summed E-state index contributed by atoms with van der Waals surface area (Å²) in [4.78, 5) is 34.7. The number of esters is 1. The fourth-order valence-corrected chi connectivity index (χ4v) is 4.14. The monoisotopic (exact) mass is 531 g/mol. The van der Waals surface area contributed by atoms with E-state index in [0.29, 0.717) is 53.0 Å². The summed E-state index contributed by atoms with van der Waals surface area (Å²) in [6.07, 6.45) is 1.65. The maximum Gasteiger partial charge on any atom is 0.347 e. The Morgan fingerprint density at radius 2 is 1.77 bits per heavy atom. The first-order valence-electron chi connectivity index (χ1n) is 12.4. The van der Waals surface area contributed by atoms with Crippen LogP contribution in [0.1, 0.15) is 41.9 Å². The van der Waals surface area contributed by atoms with Crippen molar-refractivity contribution < 1.29 is 33.7 Å². The van der Waals surface area contributed by atoms with Crippen LogP contribution in [0.2, 0.25) is 0 Å². The quantitative estimate of drug-likeness (QED) is 0.238. The number of carbonyl (C=O) groups excluding carboxylic acids is 2. The molecule has 2 heterocycles. The summed E-state index contributed by atoms with van der Waals surface area (Å²) < 4.78 is 16.4. The molecule has 0 spiro atoms. The zero-order valence-electron chi connectivity index (χ0n) is 21.8. The molecule has 0 bridgehead atoms. The van der Waals surface area contributed by atoms with Gasteiger partial charge in [0.1, 0.15) is 45.3 Å². The Hall–Kier alpha value is -4.79. The number of anilines is 1. The molecule has 5 rings (SSSR count). The molecule has 1 aromatic heterocycles. The highest BCUT2D eigenvalue weighted by molar-refractivity contribution is 5.94.